The number of nitro groups is 1. The van der Waals surface area contributed by atoms with E-state index in [9.17, 15) is 14.9 Å². The summed E-state index contributed by atoms with van der Waals surface area (Å²) in [6.07, 6.45) is 4.30. The molecule has 0 aromatic heterocycles. The molecule has 0 radical (unpaired) electrons. The molecule has 0 heterocycles. The number of carbonyl (C=O) groups excluding carboxylic acids is 1. The van der Waals surface area contributed by atoms with Gasteiger partial charge in [0.1, 0.15) is 6.29 Å². The Balaban J connectivity index is 2.75. The van der Waals surface area contributed by atoms with Gasteiger partial charge in [-0.15, -0.1) is 0 Å². The summed E-state index contributed by atoms with van der Waals surface area (Å²) in [4.78, 5) is 20.8. The third-order valence-corrected chi connectivity index (χ3v) is 2.59. The molecular formula is C13H15NO3. The van der Waals surface area contributed by atoms with E-state index in [0.29, 0.717) is 0 Å². The minimum atomic E-state index is -0.389. The van der Waals surface area contributed by atoms with E-state index in [1.807, 2.05) is 36.4 Å². The first-order chi connectivity index (χ1) is 8.13. The van der Waals surface area contributed by atoms with E-state index >= 15 is 0 Å². The summed E-state index contributed by atoms with van der Waals surface area (Å²) in [6, 6.07) is 9.51. The largest absolute Gasteiger partial charge is 0.303 e. The van der Waals surface area contributed by atoms with Crippen LogP contribution < -0.4 is 0 Å². The SMILES string of the molecule is C[C@@H](C=O)[C@@H](/C=C/c1ccccc1)C[N+](=O)[O-]. The Morgan fingerprint density at radius 2 is 2.00 bits per heavy atom. The Bertz CT molecular complexity index is 400. The number of carbonyl (C=O) groups is 1. The van der Waals surface area contributed by atoms with Gasteiger partial charge in [-0.1, -0.05) is 49.4 Å². The average Bonchev–Trinajstić information content (AvgIpc) is 2.34. The summed E-state index contributed by atoms with van der Waals surface area (Å²) in [6.45, 7) is 1.47. The molecule has 0 N–H and O–H groups in total. The van der Waals surface area contributed by atoms with Crippen LogP contribution in [0.5, 0.6) is 0 Å². The second-order valence-electron chi connectivity index (χ2n) is 3.94. The summed E-state index contributed by atoms with van der Waals surface area (Å²) in [5, 5.41) is 10.5. The molecule has 0 saturated carbocycles. The van der Waals surface area contributed by atoms with Crippen molar-refractivity contribution in [1.82, 2.24) is 0 Å². The van der Waals surface area contributed by atoms with Crippen LogP contribution in [0.4, 0.5) is 0 Å². The predicted molar refractivity (Wildman–Crippen MR) is 66.1 cm³/mol. The Morgan fingerprint density at radius 3 is 2.53 bits per heavy atom. The molecule has 1 aromatic rings. The highest BCUT2D eigenvalue weighted by molar-refractivity contribution is 5.56. The van der Waals surface area contributed by atoms with Crippen molar-refractivity contribution in [3.05, 3.63) is 52.1 Å². The molecule has 0 saturated heterocycles. The van der Waals surface area contributed by atoms with Crippen LogP contribution >= 0.6 is 0 Å². The molecule has 4 heteroatoms. The normalized spacial score (nSPS) is 14.4. The monoisotopic (exact) mass is 233 g/mol. The summed E-state index contributed by atoms with van der Waals surface area (Å²) in [5.74, 6) is -0.705. The third kappa shape index (κ3) is 4.59. The van der Waals surface area contributed by atoms with Crippen LogP contribution in [0.3, 0.4) is 0 Å². The van der Waals surface area contributed by atoms with Crippen LogP contribution in [-0.2, 0) is 4.79 Å². The lowest BCUT2D eigenvalue weighted by molar-refractivity contribution is -0.486. The standard InChI is InChI=1S/C13H15NO3/c1-11(10-15)13(9-14(16)17)8-7-12-5-3-2-4-6-12/h2-8,10-11,13H,9H2,1H3/b8-7+/t11-,13-/m0/s1. The molecule has 1 aromatic carbocycles. The van der Waals surface area contributed by atoms with Crippen molar-refractivity contribution in [3.8, 4) is 0 Å². The Labute approximate surface area is 100 Å². The van der Waals surface area contributed by atoms with E-state index in [2.05, 4.69) is 0 Å². The minimum Gasteiger partial charge on any atom is -0.303 e. The lowest BCUT2D eigenvalue weighted by Crippen LogP contribution is -2.20. The highest BCUT2D eigenvalue weighted by atomic mass is 16.6. The maximum atomic E-state index is 10.7. The van der Waals surface area contributed by atoms with E-state index in [1.165, 1.54) is 0 Å². The number of nitrogens with zero attached hydrogens (tertiary/aromatic N) is 1. The van der Waals surface area contributed by atoms with Gasteiger partial charge in [0, 0.05) is 10.8 Å². The van der Waals surface area contributed by atoms with Gasteiger partial charge in [-0.3, -0.25) is 10.1 Å². The first-order valence-corrected chi connectivity index (χ1v) is 5.44. The summed E-state index contributed by atoms with van der Waals surface area (Å²) >= 11 is 0. The molecule has 4 nitrogen and oxygen atoms in total. The van der Waals surface area contributed by atoms with Crippen molar-refractivity contribution >= 4 is 12.4 Å². The van der Waals surface area contributed by atoms with Gasteiger partial charge in [-0.2, -0.15) is 0 Å². The number of benzene rings is 1. The molecule has 0 aliphatic carbocycles. The highest BCUT2D eigenvalue weighted by Gasteiger charge is 2.19. The number of hydrogen-bond donors (Lipinski definition) is 0. The van der Waals surface area contributed by atoms with E-state index in [4.69, 9.17) is 0 Å². The summed E-state index contributed by atoms with van der Waals surface area (Å²) < 4.78 is 0. The molecule has 0 fully saturated rings. The second-order valence-corrected chi connectivity index (χ2v) is 3.94. The van der Waals surface area contributed by atoms with Gasteiger partial charge in [0.15, 0.2) is 0 Å². The van der Waals surface area contributed by atoms with Crippen LogP contribution in [0.1, 0.15) is 12.5 Å². The van der Waals surface area contributed by atoms with Crippen LogP contribution in [0.25, 0.3) is 6.08 Å². The number of aldehydes is 1. The smallest absolute Gasteiger partial charge is 0.210 e. The van der Waals surface area contributed by atoms with Crippen molar-refractivity contribution in [3.63, 3.8) is 0 Å². The van der Waals surface area contributed by atoms with Crippen molar-refractivity contribution in [2.45, 2.75) is 6.92 Å². The Hall–Kier alpha value is -1.97. The Kier molecular flexibility index (Phi) is 5.07. The molecule has 0 aliphatic heterocycles. The predicted octanol–water partition coefficient (Wildman–Crippen LogP) is 2.43. The van der Waals surface area contributed by atoms with E-state index in [-0.39, 0.29) is 23.3 Å². The zero-order valence-corrected chi connectivity index (χ0v) is 9.65. The van der Waals surface area contributed by atoms with Crippen molar-refractivity contribution in [1.29, 1.82) is 0 Å². The number of hydrogen-bond acceptors (Lipinski definition) is 3. The van der Waals surface area contributed by atoms with Gasteiger partial charge in [-0.25, -0.2) is 0 Å². The fourth-order valence-electron chi connectivity index (χ4n) is 1.47. The minimum absolute atomic E-state index is 0.219. The quantitative estimate of drug-likeness (QED) is 0.430. The fourth-order valence-corrected chi connectivity index (χ4v) is 1.47. The molecule has 0 amide bonds. The molecule has 0 aliphatic rings. The maximum Gasteiger partial charge on any atom is 0.210 e. The molecule has 0 spiro atoms. The van der Waals surface area contributed by atoms with Crippen LogP contribution in [0.2, 0.25) is 0 Å². The van der Waals surface area contributed by atoms with Crippen LogP contribution in [0.15, 0.2) is 36.4 Å². The third-order valence-electron chi connectivity index (χ3n) is 2.59. The zero-order valence-electron chi connectivity index (χ0n) is 9.65. The lowest BCUT2D eigenvalue weighted by atomic mass is 9.94. The second kappa shape index (κ2) is 6.58. The van der Waals surface area contributed by atoms with Crippen LogP contribution in [0, 0.1) is 22.0 Å². The first kappa shape index (κ1) is 13.1. The topological polar surface area (TPSA) is 60.2 Å². The zero-order chi connectivity index (χ0) is 12.7. The maximum absolute atomic E-state index is 10.7. The Morgan fingerprint density at radius 1 is 1.35 bits per heavy atom. The van der Waals surface area contributed by atoms with Gasteiger partial charge in [-0.05, 0) is 5.56 Å². The lowest BCUT2D eigenvalue weighted by Gasteiger charge is -2.10. The number of rotatable bonds is 6. The van der Waals surface area contributed by atoms with Crippen molar-refractivity contribution in [2.75, 3.05) is 6.54 Å². The molecule has 0 bridgehead atoms. The van der Waals surface area contributed by atoms with Gasteiger partial charge < -0.3 is 4.79 Å². The van der Waals surface area contributed by atoms with Gasteiger partial charge >= 0.3 is 0 Å². The van der Waals surface area contributed by atoms with E-state index < -0.39 is 0 Å². The highest BCUT2D eigenvalue weighted by Crippen LogP contribution is 2.13. The summed E-state index contributed by atoms with van der Waals surface area (Å²) in [5.41, 5.74) is 0.971. The molecule has 1 rings (SSSR count). The molecule has 0 unspecified atom stereocenters. The first-order valence-electron chi connectivity index (χ1n) is 5.44. The van der Waals surface area contributed by atoms with Crippen molar-refractivity contribution < 1.29 is 9.72 Å². The summed E-state index contributed by atoms with van der Waals surface area (Å²) in [7, 11) is 0. The van der Waals surface area contributed by atoms with E-state index in [0.717, 1.165) is 11.8 Å². The molecule has 90 valence electrons. The molecular weight excluding hydrogens is 218 g/mol. The fraction of sp³-hybridized carbons (Fsp3) is 0.308. The molecule has 2 atom stereocenters. The average molecular weight is 233 g/mol. The van der Waals surface area contributed by atoms with Gasteiger partial charge in [0.25, 0.3) is 0 Å². The van der Waals surface area contributed by atoms with Crippen molar-refractivity contribution in [2.24, 2.45) is 11.8 Å². The molecule has 17 heavy (non-hydrogen) atoms. The van der Waals surface area contributed by atoms with E-state index in [1.54, 1.807) is 13.0 Å². The van der Waals surface area contributed by atoms with Crippen LogP contribution in [-0.4, -0.2) is 17.8 Å². The van der Waals surface area contributed by atoms with Gasteiger partial charge in [0.05, 0.1) is 5.92 Å². The van der Waals surface area contributed by atoms with Gasteiger partial charge in [0.2, 0.25) is 6.54 Å².